The van der Waals surface area contributed by atoms with Gasteiger partial charge in [-0.25, -0.2) is 0 Å². The van der Waals surface area contributed by atoms with Gasteiger partial charge in [0.05, 0.1) is 18.7 Å². The van der Waals surface area contributed by atoms with Gasteiger partial charge in [-0.2, -0.15) is 0 Å². The number of fused-ring (bicyclic) bond motifs is 1. The molecule has 2 aromatic carbocycles. The number of nitrogens with zero attached hydrogens (tertiary/aromatic N) is 2. The lowest BCUT2D eigenvalue weighted by Gasteiger charge is -2.29. The number of rotatable bonds is 8. The summed E-state index contributed by atoms with van der Waals surface area (Å²) in [6.45, 7) is 2.87. The van der Waals surface area contributed by atoms with Crippen LogP contribution in [0.5, 0.6) is 5.75 Å². The molecule has 8 heteroatoms. The first-order valence-corrected chi connectivity index (χ1v) is 11.2. The van der Waals surface area contributed by atoms with Crippen LogP contribution in [0.1, 0.15) is 34.8 Å². The number of imide groups is 1. The molecule has 0 aromatic heterocycles. The number of amides is 3. The molecule has 0 radical (unpaired) electrons. The maximum absolute atomic E-state index is 12.7. The fourth-order valence-corrected chi connectivity index (χ4v) is 4.41. The van der Waals surface area contributed by atoms with Crippen LogP contribution in [0.2, 0.25) is 0 Å². The van der Waals surface area contributed by atoms with Crippen LogP contribution in [0.3, 0.4) is 0 Å². The van der Waals surface area contributed by atoms with Crippen LogP contribution in [-0.2, 0) is 22.5 Å². The molecule has 1 fully saturated rings. The molecule has 1 unspecified atom stereocenters. The van der Waals surface area contributed by atoms with Gasteiger partial charge < -0.3 is 14.4 Å². The molecule has 7 nitrogen and oxygen atoms in total. The van der Waals surface area contributed by atoms with Crippen molar-refractivity contribution in [1.29, 1.82) is 0 Å². The van der Waals surface area contributed by atoms with Crippen molar-refractivity contribution < 1.29 is 23.9 Å². The minimum Gasteiger partial charge on any atom is -0.472 e. The normalized spacial score (nSPS) is 18.4. The van der Waals surface area contributed by atoms with Crippen LogP contribution in [-0.4, -0.2) is 52.2 Å². The summed E-state index contributed by atoms with van der Waals surface area (Å²) in [4.78, 5) is 40.3. The number of carbonyl (C=O) groups is 3. The summed E-state index contributed by atoms with van der Waals surface area (Å²) < 4.78 is 11.4. The number of aryl methyl sites for hydroxylation is 1. The van der Waals surface area contributed by atoms with E-state index in [9.17, 15) is 14.4 Å². The smallest absolute Gasteiger partial charge is 0.291 e. The zero-order valence-corrected chi connectivity index (χ0v) is 18.1. The van der Waals surface area contributed by atoms with Crippen molar-refractivity contribution in [3.05, 3.63) is 65.2 Å². The molecular weight excluding hydrogens is 416 g/mol. The Labute approximate surface area is 185 Å². The monoisotopic (exact) mass is 440 g/mol. The topological polar surface area (TPSA) is 76.2 Å². The van der Waals surface area contributed by atoms with Gasteiger partial charge in [-0.1, -0.05) is 49.7 Å². The molecule has 2 aromatic rings. The molecule has 1 atom stereocenters. The van der Waals surface area contributed by atoms with Crippen molar-refractivity contribution in [3.8, 4) is 5.75 Å². The van der Waals surface area contributed by atoms with E-state index in [-0.39, 0.29) is 43.5 Å². The SMILES string of the molecule is CCCc1ccc2c(c1)OCN(CCOC1SC(=O)N(Cc3ccccc3)C1=O)C2=O. The summed E-state index contributed by atoms with van der Waals surface area (Å²) in [5.41, 5.74) is 1.66. The van der Waals surface area contributed by atoms with E-state index >= 15 is 0 Å². The molecule has 4 rings (SSSR count). The van der Waals surface area contributed by atoms with Gasteiger partial charge in [0.15, 0.2) is 12.2 Å². The van der Waals surface area contributed by atoms with Crippen LogP contribution in [0.4, 0.5) is 4.79 Å². The summed E-state index contributed by atoms with van der Waals surface area (Å²) in [6.07, 6.45) is 1.97. The Bertz CT molecular complexity index is 981. The zero-order chi connectivity index (χ0) is 21.8. The molecular formula is C23H24N2O5S. The lowest BCUT2D eigenvalue weighted by molar-refractivity contribution is -0.134. The predicted molar refractivity (Wildman–Crippen MR) is 117 cm³/mol. The van der Waals surface area contributed by atoms with Crippen LogP contribution in [0.15, 0.2) is 48.5 Å². The molecule has 2 aliphatic rings. The van der Waals surface area contributed by atoms with Crippen LogP contribution < -0.4 is 4.74 Å². The summed E-state index contributed by atoms with van der Waals surface area (Å²) in [7, 11) is 0. The highest BCUT2D eigenvalue weighted by molar-refractivity contribution is 8.15. The average molecular weight is 441 g/mol. The maximum atomic E-state index is 12.7. The first-order valence-electron chi connectivity index (χ1n) is 10.3. The Morgan fingerprint density at radius 3 is 2.68 bits per heavy atom. The second kappa shape index (κ2) is 9.53. The molecule has 2 aliphatic heterocycles. The third-order valence-electron chi connectivity index (χ3n) is 5.19. The number of thioether (sulfide) groups is 1. The molecule has 0 saturated carbocycles. The highest BCUT2D eigenvalue weighted by Gasteiger charge is 2.40. The fourth-order valence-electron chi connectivity index (χ4n) is 3.56. The van der Waals surface area contributed by atoms with E-state index in [2.05, 4.69) is 6.92 Å². The van der Waals surface area contributed by atoms with Crippen molar-refractivity contribution in [1.82, 2.24) is 9.80 Å². The third kappa shape index (κ3) is 4.75. The van der Waals surface area contributed by atoms with Gasteiger partial charge in [-0.3, -0.25) is 19.3 Å². The summed E-state index contributed by atoms with van der Waals surface area (Å²) in [5, 5.41) is -0.326. The van der Waals surface area contributed by atoms with Crippen molar-refractivity contribution >= 4 is 28.8 Å². The average Bonchev–Trinajstić information content (AvgIpc) is 3.04. The van der Waals surface area contributed by atoms with E-state index in [1.807, 2.05) is 42.5 Å². The van der Waals surface area contributed by atoms with E-state index in [1.165, 1.54) is 9.80 Å². The summed E-state index contributed by atoms with van der Waals surface area (Å²) in [5.74, 6) is 0.116. The largest absolute Gasteiger partial charge is 0.472 e. The van der Waals surface area contributed by atoms with Crippen LogP contribution >= 0.6 is 11.8 Å². The summed E-state index contributed by atoms with van der Waals surface area (Å²) in [6, 6.07) is 15.0. The quantitative estimate of drug-likeness (QED) is 0.624. The highest BCUT2D eigenvalue weighted by Crippen LogP contribution is 2.30. The standard InChI is InChI=1S/C23H24N2O5S/c1-2-6-16-9-10-18-19(13-16)30-15-24(20(18)26)11-12-29-22-21(27)25(23(28)31-22)14-17-7-4-3-5-8-17/h3-5,7-10,13,22H,2,6,11-12,14-15H2,1H3. The number of ether oxygens (including phenoxy) is 2. The van der Waals surface area contributed by atoms with E-state index in [0.29, 0.717) is 11.3 Å². The molecule has 1 saturated heterocycles. The summed E-state index contributed by atoms with van der Waals surface area (Å²) >= 11 is 0.864. The van der Waals surface area contributed by atoms with Crippen molar-refractivity contribution in [2.45, 2.75) is 31.7 Å². The number of hydrogen-bond acceptors (Lipinski definition) is 6. The van der Waals surface area contributed by atoms with Gasteiger partial charge >= 0.3 is 0 Å². The fraction of sp³-hybridized carbons (Fsp3) is 0.348. The van der Waals surface area contributed by atoms with Gasteiger partial charge in [0.1, 0.15) is 5.75 Å². The zero-order valence-electron chi connectivity index (χ0n) is 17.3. The number of carbonyl (C=O) groups excluding carboxylic acids is 3. The molecule has 162 valence electrons. The minimum absolute atomic E-state index is 0.125. The Kier molecular flexibility index (Phi) is 6.58. The second-order valence-electron chi connectivity index (χ2n) is 7.42. The van der Waals surface area contributed by atoms with Crippen molar-refractivity contribution in [2.24, 2.45) is 0 Å². The van der Waals surface area contributed by atoms with Gasteiger partial charge in [0.2, 0.25) is 0 Å². The molecule has 0 spiro atoms. The lowest BCUT2D eigenvalue weighted by Crippen LogP contribution is -2.41. The Morgan fingerprint density at radius 1 is 1.10 bits per heavy atom. The van der Waals surface area contributed by atoms with Gasteiger partial charge in [-0.15, -0.1) is 0 Å². The third-order valence-corrected chi connectivity index (χ3v) is 6.16. The predicted octanol–water partition coefficient (Wildman–Crippen LogP) is 3.67. The van der Waals surface area contributed by atoms with Crippen LogP contribution in [0, 0.1) is 0 Å². The van der Waals surface area contributed by atoms with Crippen molar-refractivity contribution in [3.63, 3.8) is 0 Å². The molecule has 3 amide bonds. The van der Waals surface area contributed by atoms with E-state index in [0.717, 1.165) is 35.7 Å². The number of benzene rings is 2. The second-order valence-corrected chi connectivity index (χ2v) is 8.43. The van der Waals surface area contributed by atoms with Crippen molar-refractivity contribution in [2.75, 3.05) is 19.9 Å². The molecule has 0 bridgehead atoms. The van der Waals surface area contributed by atoms with E-state index in [1.54, 1.807) is 6.07 Å². The molecule has 0 N–H and O–H groups in total. The van der Waals surface area contributed by atoms with Gasteiger partial charge in [0.25, 0.3) is 17.1 Å². The minimum atomic E-state index is -0.888. The first-order chi connectivity index (χ1) is 15.1. The Balaban J connectivity index is 1.30. The highest BCUT2D eigenvalue weighted by atomic mass is 32.2. The van der Waals surface area contributed by atoms with Gasteiger partial charge in [0, 0.05) is 6.54 Å². The molecule has 2 heterocycles. The number of hydrogen-bond donors (Lipinski definition) is 0. The van der Waals surface area contributed by atoms with Crippen LogP contribution in [0.25, 0.3) is 0 Å². The Hall–Kier alpha value is -2.84. The van der Waals surface area contributed by atoms with E-state index < -0.39 is 5.44 Å². The maximum Gasteiger partial charge on any atom is 0.291 e. The van der Waals surface area contributed by atoms with E-state index in [4.69, 9.17) is 9.47 Å². The van der Waals surface area contributed by atoms with Gasteiger partial charge in [-0.05, 0) is 41.4 Å². The molecule has 31 heavy (non-hydrogen) atoms. The first kappa shape index (κ1) is 21.4. The molecule has 0 aliphatic carbocycles. The Morgan fingerprint density at radius 2 is 1.90 bits per heavy atom. The lowest BCUT2D eigenvalue weighted by atomic mass is 10.1.